The summed E-state index contributed by atoms with van der Waals surface area (Å²) in [6.45, 7) is 11.5. The minimum atomic E-state index is -2.44. The maximum atomic E-state index is 5.85. The molecule has 0 heterocycles. The number of hydrogen-bond acceptors (Lipinski definition) is 3. The van der Waals surface area contributed by atoms with Gasteiger partial charge < -0.3 is 13.3 Å². The van der Waals surface area contributed by atoms with Crippen molar-refractivity contribution in [1.82, 2.24) is 0 Å². The molecule has 0 saturated heterocycles. The van der Waals surface area contributed by atoms with Gasteiger partial charge in [-0.3, -0.25) is 0 Å². The number of hydrogen-bond donors (Lipinski definition) is 0. The van der Waals surface area contributed by atoms with Crippen molar-refractivity contribution in [2.24, 2.45) is 0 Å². The van der Waals surface area contributed by atoms with Gasteiger partial charge in [-0.2, -0.15) is 0 Å². The minimum Gasteiger partial charge on any atom is -0.374 e. The average molecular weight is 280 g/mol. The molecule has 3 nitrogen and oxygen atoms in total. The van der Waals surface area contributed by atoms with E-state index in [1.807, 2.05) is 26.5 Å². The van der Waals surface area contributed by atoms with Crippen LogP contribution < -0.4 is 0 Å². The van der Waals surface area contributed by atoms with E-state index in [9.17, 15) is 0 Å². The van der Waals surface area contributed by atoms with Gasteiger partial charge in [0, 0.05) is 26.4 Å². The van der Waals surface area contributed by atoms with Crippen molar-refractivity contribution >= 4 is 14.9 Å². The van der Waals surface area contributed by atoms with Crippen molar-refractivity contribution in [2.45, 2.75) is 26.8 Å². The molecule has 1 aromatic carbocycles. The molecule has 0 saturated carbocycles. The van der Waals surface area contributed by atoms with E-state index >= 15 is 0 Å². The van der Waals surface area contributed by atoms with Crippen molar-refractivity contribution in [3.05, 3.63) is 42.0 Å². The molecule has 0 radical (unpaired) electrons. The summed E-state index contributed by atoms with van der Waals surface area (Å²) in [7, 11) is -2.44. The van der Waals surface area contributed by atoms with E-state index in [0.717, 1.165) is 12.0 Å². The van der Waals surface area contributed by atoms with Crippen LogP contribution in [0.3, 0.4) is 0 Å². The Hall–Kier alpha value is -0.943. The molecule has 0 aliphatic carbocycles. The van der Waals surface area contributed by atoms with Crippen molar-refractivity contribution in [1.29, 1.82) is 0 Å². The Balaban J connectivity index is 2.44. The van der Waals surface area contributed by atoms with Crippen molar-refractivity contribution in [2.75, 3.05) is 19.8 Å². The van der Waals surface area contributed by atoms with Crippen LogP contribution in [0.2, 0.25) is 6.55 Å². The van der Waals surface area contributed by atoms with Crippen LogP contribution in [0.1, 0.15) is 25.0 Å². The predicted octanol–water partition coefficient (Wildman–Crippen LogP) is 3.53. The molecule has 0 spiro atoms. The van der Waals surface area contributed by atoms with Crippen LogP contribution in [-0.2, 0) is 19.7 Å². The Morgan fingerprint density at radius 1 is 1.05 bits per heavy atom. The summed E-state index contributed by atoms with van der Waals surface area (Å²) < 4.78 is 17.1. The van der Waals surface area contributed by atoms with Crippen LogP contribution >= 0.6 is 0 Å². The van der Waals surface area contributed by atoms with E-state index in [2.05, 4.69) is 30.8 Å². The first-order valence-corrected chi connectivity index (χ1v) is 8.99. The molecule has 0 aliphatic rings. The molecular weight excluding hydrogens is 256 g/mol. The van der Waals surface area contributed by atoms with Crippen LogP contribution in [-0.4, -0.2) is 28.6 Å². The highest BCUT2D eigenvalue weighted by Crippen LogP contribution is 2.11. The Bertz CT molecular complexity index is 369. The van der Waals surface area contributed by atoms with Crippen molar-refractivity contribution < 1.29 is 13.3 Å². The summed E-state index contributed by atoms with van der Waals surface area (Å²) in [6, 6.07) is 8.31. The summed E-state index contributed by atoms with van der Waals surface area (Å²) in [5, 5.41) is 0. The summed E-state index contributed by atoms with van der Waals surface area (Å²) in [5.41, 5.74) is 2.38. The van der Waals surface area contributed by atoms with Gasteiger partial charge in [0.2, 0.25) is 0 Å². The fraction of sp³-hybridized carbons (Fsp3) is 0.467. The Morgan fingerprint density at radius 3 is 2.11 bits per heavy atom. The molecule has 0 fully saturated rings. The maximum absolute atomic E-state index is 5.85. The summed E-state index contributed by atoms with van der Waals surface area (Å²) in [4.78, 5) is 0. The molecule has 0 amide bonds. The second kappa shape index (κ2) is 8.27. The van der Waals surface area contributed by atoms with Gasteiger partial charge in [-0.05, 0) is 31.4 Å². The quantitative estimate of drug-likeness (QED) is 0.648. The molecule has 0 atom stereocenters. The highest BCUT2D eigenvalue weighted by molar-refractivity contribution is 6.59. The zero-order chi connectivity index (χ0) is 14.1. The third-order valence-corrected chi connectivity index (χ3v) is 5.14. The number of rotatable bonds is 9. The lowest BCUT2D eigenvalue weighted by Crippen LogP contribution is -2.43. The second-order valence-corrected chi connectivity index (χ2v) is 6.86. The lowest BCUT2D eigenvalue weighted by molar-refractivity contribution is 0.0748. The van der Waals surface area contributed by atoms with E-state index in [-0.39, 0.29) is 0 Å². The van der Waals surface area contributed by atoms with Gasteiger partial charge in [-0.25, -0.2) is 0 Å². The zero-order valence-corrected chi connectivity index (χ0v) is 13.1. The summed E-state index contributed by atoms with van der Waals surface area (Å²) in [5.74, 6) is 0. The SMILES string of the molecule is C=Cc1ccc(CCO[Si](C)(OCC)OCC)cc1. The van der Waals surface area contributed by atoms with Gasteiger partial charge in [-0.15, -0.1) is 0 Å². The largest absolute Gasteiger partial charge is 0.497 e. The van der Waals surface area contributed by atoms with E-state index in [1.54, 1.807) is 0 Å². The standard InChI is InChI=1S/C15H24O3Si/c1-5-14-8-10-15(11-9-14)12-13-18-19(4,16-6-2)17-7-3/h5,8-11H,1,6-7,12-13H2,2-4H3. The lowest BCUT2D eigenvalue weighted by atomic mass is 10.1. The number of benzene rings is 1. The van der Waals surface area contributed by atoms with E-state index in [1.165, 1.54) is 5.56 Å². The zero-order valence-electron chi connectivity index (χ0n) is 12.1. The summed E-state index contributed by atoms with van der Waals surface area (Å²) >= 11 is 0. The molecule has 0 N–H and O–H groups in total. The van der Waals surface area contributed by atoms with E-state index < -0.39 is 8.80 Å². The van der Waals surface area contributed by atoms with Gasteiger partial charge in [0.25, 0.3) is 0 Å². The molecule has 1 rings (SSSR count). The van der Waals surface area contributed by atoms with Crippen LogP contribution in [0.25, 0.3) is 6.08 Å². The molecular formula is C15H24O3Si. The third kappa shape index (κ3) is 5.70. The predicted molar refractivity (Wildman–Crippen MR) is 81.1 cm³/mol. The van der Waals surface area contributed by atoms with Crippen LogP contribution in [0.4, 0.5) is 0 Å². The normalized spacial score (nSPS) is 11.5. The summed E-state index contributed by atoms with van der Waals surface area (Å²) in [6.07, 6.45) is 2.70. The van der Waals surface area contributed by atoms with E-state index in [4.69, 9.17) is 13.3 Å². The highest BCUT2D eigenvalue weighted by Gasteiger charge is 2.33. The maximum Gasteiger partial charge on any atom is 0.497 e. The van der Waals surface area contributed by atoms with Crippen LogP contribution in [0.15, 0.2) is 30.8 Å². The molecule has 106 valence electrons. The molecule has 0 bridgehead atoms. The average Bonchev–Trinajstić information content (AvgIpc) is 2.40. The Morgan fingerprint density at radius 2 is 1.63 bits per heavy atom. The first-order chi connectivity index (χ1) is 9.13. The molecule has 0 unspecified atom stereocenters. The van der Waals surface area contributed by atoms with E-state index in [0.29, 0.717) is 19.8 Å². The molecule has 4 heteroatoms. The highest BCUT2D eigenvalue weighted by atomic mass is 28.4. The first kappa shape index (κ1) is 16.1. The van der Waals surface area contributed by atoms with Gasteiger partial charge in [0.1, 0.15) is 0 Å². The molecule has 1 aromatic rings. The van der Waals surface area contributed by atoms with Crippen molar-refractivity contribution in [3.63, 3.8) is 0 Å². The monoisotopic (exact) mass is 280 g/mol. The Labute approximate surface area is 117 Å². The molecule has 0 aliphatic heterocycles. The fourth-order valence-electron chi connectivity index (χ4n) is 1.82. The molecule has 19 heavy (non-hydrogen) atoms. The van der Waals surface area contributed by atoms with Crippen LogP contribution in [0.5, 0.6) is 0 Å². The van der Waals surface area contributed by atoms with Crippen molar-refractivity contribution in [3.8, 4) is 0 Å². The van der Waals surface area contributed by atoms with Gasteiger partial charge in [0.15, 0.2) is 0 Å². The topological polar surface area (TPSA) is 27.7 Å². The first-order valence-electron chi connectivity index (χ1n) is 6.76. The minimum absolute atomic E-state index is 0.621. The Kier molecular flexibility index (Phi) is 7.01. The lowest BCUT2D eigenvalue weighted by Gasteiger charge is -2.25. The van der Waals surface area contributed by atoms with Gasteiger partial charge in [0.05, 0.1) is 0 Å². The fourth-order valence-corrected chi connectivity index (χ4v) is 3.60. The third-order valence-electron chi connectivity index (χ3n) is 2.78. The molecule has 0 aromatic heterocycles. The second-order valence-electron chi connectivity index (χ2n) is 4.27. The van der Waals surface area contributed by atoms with Gasteiger partial charge >= 0.3 is 8.80 Å². The van der Waals surface area contributed by atoms with Crippen LogP contribution in [0, 0.1) is 0 Å². The van der Waals surface area contributed by atoms with Gasteiger partial charge in [-0.1, -0.05) is 36.9 Å². The smallest absolute Gasteiger partial charge is 0.374 e.